The van der Waals surface area contributed by atoms with E-state index in [1.807, 2.05) is 0 Å². The fourth-order valence-corrected chi connectivity index (χ4v) is 1.88. The summed E-state index contributed by atoms with van der Waals surface area (Å²) in [5, 5.41) is 3.62. The molecule has 2 heteroatoms. The van der Waals surface area contributed by atoms with Gasteiger partial charge in [-0.05, 0) is 46.5 Å². The van der Waals surface area contributed by atoms with Crippen molar-refractivity contribution >= 4 is 0 Å². The maximum atomic E-state index is 5.83. The van der Waals surface area contributed by atoms with Gasteiger partial charge in [-0.25, -0.2) is 0 Å². The minimum atomic E-state index is 0.256. The molecule has 1 fully saturated rings. The molecule has 72 valence electrons. The first-order valence-corrected chi connectivity index (χ1v) is 5.01. The Morgan fingerprint density at radius 1 is 1.08 bits per heavy atom. The largest absolute Gasteiger partial charge is 0.328 e. The van der Waals surface area contributed by atoms with E-state index in [-0.39, 0.29) is 5.54 Å². The molecule has 0 unspecified atom stereocenters. The molecule has 0 aromatic rings. The first-order valence-electron chi connectivity index (χ1n) is 5.01. The molecule has 1 aliphatic carbocycles. The lowest BCUT2D eigenvalue weighted by molar-refractivity contribution is 0.280. The third kappa shape index (κ3) is 3.55. The Morgan fingerprint density at radius 3 is 2.00 bits per heavy atom. The number of hydrogen-bond donors (Lipinski definition) is 2. The van der Waals surface area contributed by atoms with E-state index in [1.54, 1.807) is 0 Å². The second-order valence-corrected chi connectivity index (χ2v) is 5.01. The predicted molar refractivity (Wildman–Crippen MR) is 53.1 cm³/mol. The van der Waals surface area contributed by atoms with Crippen LogP contribution in [0.4, 0.5) is 0 Å². The Kier molecular flexibility index (Phi) is 3.13. The summed E-state index contributed by atoms with van der Waals surface area (Å²) in [5.74, 6) is 0. The van der Waals surface area contributed by atoms with E-state index >= 15 is 0 Å². The maximum Gasteiger partial charge on any atom is 0.00990 e. The third-order valence-electron chi connectivity index (χ3n) is 2.41. The van der Waals surface area contributed by atoms with Crippen LogP contribution in [-0.4, -0.2) is 17.6 Å². The maximum absolute atomic E-state index is 5.83. The molecule has 0 spiro atoms. The minimum absolute atomic E-state index is 0.256. The van der Waals surface area contributed by atoms with Crippen molar-refractivity contribution < 1.29 is 0 Å². The normalized spacial score (nSPS) is 32.0. The van der Waals surface area contributed by atoms with E-state index in [1.165, 1.54) is 25.7 Å². The smallest absolute Gasteiger partial charge is 0.00990 e. The standard InChI is InChI=1S/C10H22N2/c1-10(2,3)12-9-6-4-8(11)5-7-9/h8-9,12H,4-7,11H2,1-3H3. The SMILES string of the molecule is CC(C)(C)NC1CCC(N)CC1. The van der Waals surface area contributed by atoms with E-state index in [9.17, 15) is 0 Å². The molecule has 3 N–H and O–H groups in total. The van der Waals surface area contributed by atoms with E-state index in [0.29, 0.717) is 12.1 Å². The summed E-state index contributed by atoms with van der Waals surface area (Å²) < 4.78 is 0. The zero-order chi connectivity index (χ0) is 9.19. The van der Waals surface area contributed by atoms with E-state index in [2.05, 4.69) is 26.1 Å². The van der Waals surface area contributed by atoms with Gasteiger partial charge in [-0.3, -0.25) is 0 Å². The zero-order valence-corrected chi connectivity index (χ0v) is 8.56. The topological polar surface area (TPSA) is 38.0 Å². The highest BCUT2D eigenvalue weighted by molar-refractivity contribution is 4.83. The summed E-state index contributed by atoms with van der Waals surface area (Å²) in [7, 11) is 0. The van der Waals surface area contributed by atoms with E-state index in [4.69, 9.17) is 5.73 Å². The Labute approximate surface area is 75.9 Å². The van der Waals surface area contributed by atoms with Gasteiger partial charge < -0.3 is 11.1 Å². The van der Waals surface area contributed by atoms with Gasteiger partial charge in [0, 0.05) is 17.6 Å². The Hall–Kier alpha value is -0.0800. The van der Waals surface area contributed by atoms with Gasteiger partial charge >= 0.3 is 0 Å². The molecule has 0 aliphatic heterocycles. The van der Waals surface area contributed by atoms with Crippen LogP contribution in [-0.2, 0) is 0 Å². The van der Waals surface area contributed by atoms with Crippen molar-refractivity contribution in [2.45, 2.75) is 64.1 Å². The highest BCUT2D eigenvalue weighted by Gasteiger charge is 2.21. The molecule has 0 aromatic carbocycles. The monoisotopic (exact) mass is 170 g/mol. The van der Waals surface area contributed by atoms with Crippen LogP contribution in [0.3, 0.4) is 0 Å². The molecule has 0 amide bonds. The van der Waals surface area contributed by atoms with Gasteiger partial charge in [0.15, 0.2) is 0 Å². The molecule has 0 bridgehead atoms. The number of rotatable bonds is 1. The van der Waals surface area contributed by atoms with Crippen molar-refractivity contribution in [3.8, 4) is 0 Å². The molecule has 0 atom stereocenters. The van der Waals surface area contributed by atoms with E-state index < -0.39 is 0 Å². The van der Waals surface area contributed by atoms with Crippen LogP contribution in [0.15, 0.2) is 0 Å². The summed E-state index contributed by atoms with van der Waals surface area (Å²) in [6, 6.07) is 1.16. The van der Waals surface area contributed by atoms with Crippen LogP contribution in [0.2, 0.25) is 0 Å². The van der Waals surface area contributed by atoms with Gasteiger partial charge in [-0.15, -0.1) is 0 Å². The van der Waals surface area contributed by atoms with Gasteiger partial charge in [0.05, 0.1) is 0 Å². The molecule has 0 heterocycles. The van der Waals surface area contributed by atoms with Crippen LogP contribution in [0.25, 0.3) is 0 Å². The fraction of sp³-hybridized carbons (Fsp3) is 1.00. The second-order valence-electron chi connectivity index (χ2n) is 5.01. The lowest BCUT2D eigenvalue weighted by Crippen LogP contribution is -2.46. The summed E-state index contributed by atoms with van der Waals surface area (Å²) in [4.78, 5) is 0. The minimum Gasteiger partial charge on any atom is -0.328 e. The summed E-state index contributed by atoms with van der Waals surface area (Å²) in [6.45, 7) is 6.67. The molecule has 1 aliphatic rings. The molecular weight excluding hydrogens is 148 g/mol. The van der Waals surface area contributed by atoms with Crippen molar-refractivity contribution in [1.82, 2.24) is 5.32 Å². The predicted octanol–water partition coefficient (Wildman–Crippen LogP) is 1.64. The molecule has 12 heavy (non-hydrogen) atoms. The lowest BCUT2D eigenvalue weighted by Gasteiger charge is -2.33. The van der Waals surface area contributed by atoms with Crippen molar-refractivity contribution in [1.29, 1.82) is 0 Å². The Balaban J connectivity index is 2.26. The number of nitrogens with two attached hydrogens (primary N) is 1. The summed E-state index contributed by atoms with van der Waals surface area (Å²) >= 11 is 0. The lowest BCUT2D eigenvalue weighted by atomic mass is 9.90. The van der Waals surface area contributed by atoms with Crippen molar-refractivity contribution in [3.63, 3.8) is 0 Å². The van der Waals surface area contributed by atoms with Gasteiger partial charge in [-0.2, -0.15) is 0 Å². The van der Waals surface area contributed by atoms with Crippen molar-refractivity contribution in [2.24, 2.45) is 5.73 Å². The highest BCUT2D eigenvalue weighted by Crippen LogP contribution is 2.18. The first kappa shape index (κ1) is 10.0. The summed E-state index contributed by atoms with van der Waals surface area (Å²) in [6.07, 6.45) is 4.87. The molecule has 0 aromatic heterocycles. The zero-order valence-electron chi connectivity index (χ0n) is 8.56. The van der Waals surface area contributed by atoms with Crippen LogP contribution >= 0.6 is 0 Å². The van der Waals surface area contributed by atoms with Crippen LogP contribution in [0, 0.1) is 0 Å². The Bertz CT molecular complexity index is 129. The quantitative estimate of drug-likeness (QED) is 0.628. The van der Waals surface area contributed by atoms with Gasteiger partial charge in [-0.1, -0.05) is 0 Å². The van der Waals surface area contributed by atoms with Gasteiger partial charge in [0.1, 0.15) is 0 Å². The van der Waals surface area contributed by atoms with Crippen LogP contribution < -0.4 is 11.1 Å². The van der Waals surface area contributed by atoms with Crippen molar-refractivity contribution in [2.75, 3.05) is 0 Å². The van der Waals surface area contributed by atoms with Crippen molar-refractivity contribution in [3.05, 3.63) is 0 Å². The number of nitrogens with one attached hydrogen (secondary N) is 1. The average Bonchev–Trinajstić information content (AvgIpc) is 1.91. The van der Waals surface area contributed by atoms with Gasteiger partial charge in [0.25, 0.3) is 0 Å². The highest BCUT2D eigenvalue weighted by atomic mass is 15.0. The number of hydrogen-bond acceptors (Lipinski definition) is 2. The van der Waals surface area contributed by atoms with Gasteiger partial charge in [0.2, 0.25) is 0 Å². The molecular formula is C10H22N2. The van der Waals surface area contributed by atoms with Crippen LogP contribution in [0.1, 0.15) is 46.5 Å². The second kappa shape index (κ2) is 3.75. The third-order valence-corrected chi connectivity index (χ3v) is 2.41. The average molecular weight is 170 g/mol. The first-order chi connectivity index (χ1) is 5.47. The van der Waals surface area contributed by atoms with E-state index in [0.717, 1.165) is 0 Å². The van der Waals surface area contributed by atoms with Crippen LogP contribution in [0.5, 0.6) is 0 Å². The molecule has 1 rings (SSSR count). The molecule has 1 saturated carbocycles. The molecule has 2 nitrogen and oxygen atoms in total. The Morgan fingerprint density at radius 2 is 1.58 bits per heavy atom. The summed E-state index contributed by atoms with van der Waals surface area (Å²) in [5.41, 5.74) is 6.09. The fourth-order valence-electron chi connectivity index (χ4n) is 1.88. The molecule has 0 saturated heterocycles. The molecule has 0 radical (unpaired) electrons.